The smallest absolute Gasteiger partial charge is 0.266 e. The predicted molar refractivity (Wildman–Crippen MR) is 176 cm³/mol. The van der Waals surface area contributed by atoms with Crippen LogP contribution in [0.25, 0.3) is 23.0 Å². The van der Waals surface area contributed by atoms with Gasteiger partial charge in [-0.2, -0.15) is 9.40 Å². The Morgan fingerprint density at radius 1 is 1.00 bits per heavy atom. The molecule has 4 aromatic rings. The van der Waals surface area contributed by atoms with Gasteiger partial charge in [-0.1, -0.05) is 80.3 Å². The van der Waals surface area contributed by atoms with Crippen molar-refractivity contribution in [1.82, 2.24) is 19.0 Å². The molecule has 7 nitrogen and oxygen atoms in total. The van der Waals surface area contributed by atoms with E-state index in [4.69, 9.17) is 17.3 Å². The quantitative estimate of drug-likeness (QED) is 0.164. The van der Waals surface area contributed by atoms with Crippen molar-refractivity contribution in [1.29, 1.82) is 0 Å². The molecule has 3 aromatic carbocycles. The third kappa shape index (κ3) is 6.28. The fraction of sp³-hybridized carbons (Fsp3) is 0.242. The number of nitrogens with zero attached hydrogens (tertiary/aromatic N) is 4. The first-order valence-corrected chi connectivity index (χ1v) is 17.0. The van der Waals surface area contributed by atoms with Gasteiger partial charge in [-0.3, -0.25) is 9.69 Å². The highest BCUT2D eigenvalue weighted by molar-refractivity contribution is 8.26. The van der Waals surface area contributed by atoms with Gasteiger partial charge in [0.1, 0.15) is 15.8 Å². The van der Waals surface area contributed by atoms with Gasteiger partial charge in [0.15, 0.2) is 0 Å². The largest absolute Gasteiger partial charge is 0.288 e. The first kappa shape index (κ1) is 30.4. The van der Waals surface area contributed by atoms with Crippen LogP contribution in [0.3, 0.4) is 0 Å². The van der Waals surface area contributed by atoms with Crippen LogP contribution >= 0.6 is 24.0 Å². The number of thiocarbonyl (C=S) groups is 1. The number of hydrogen-bond acceptors (Lipinski definition) is 6. The van der Waals surface area contributed by atoms with Gasteiger partial charge in [0.05, 0.1) is 22.0 Å². The SMILES string of the molecule is CC1CC(C)CN(S(=O)(=O)c2cccc(-c3nn(-c4ccccc4)cc3/C=C3\SC(=S)N(Cc4ccc(F)cc4)C3=O)c2)C1. The van der Waals surface area contributed by atoms with Crippen LogP contribution in [0, 0.1) is 17.7 Å². The zero-order valence-electron chi connectivity index (χ0n) is 24.3. The van der Waals surface area contributed by atoms with Gasteiger partial charge in [0, 0.05) is 30.4 Å². The Hall–Kier alpha value is -3.64. The molecule has 226 valence electrons. The third-order valence-corrected chi connectivity index (χ3v) is 11.0. The molecule has 0 radical (unpaired) electrons. The van der Waals surface area contributed by atoms with E-state index >= 15 is 0 Å². The van der Waals surface area contributed by atoms with E-state index in [2.05, 4.69) is 13.8 Å². The monoisotopic (exact) mass is 646 g/mol. The van der Waals surface area contributed by atoms with Crippen LogP contribution in [-0.2, 0) is 21.4 Å². The fourth-order valence-electron chi connectivity index (χ4n) is 5.74. The summed E-state index contributed by atoms with van der Waals surface area (Å²) in [6.45, 7) is 5.37. The van der Waals surface area contributed by atoms with Crippen molar-refractivity contribution in [3.05, 3.63) is 107 Å². The zero-order valence-corrected chi connectivity index (χ0v) is 26.7. The van der Waals surface area contributed by atoms with Crippen LogP contribution in [0.15, 0.2) is 94.9 Å². The Labute approximate surface area is 266 Å². The Morgan fingerprint density at radius 3 is 2.41 bits per heavy atom. The highest BCUT2D eigenvalue weighted by Gasteiger charge is 2.34. The van der Waals surface area contributed by atoms with E-state index < -0.39 is 10.0 Å². The molecule has 44 heavy (non-hydrogen) atoms. The number of sulfonamides is 1. The third-order valence-electron chi connectivity index (χ3n) is 7.76. The van der Waals surface area contributed by atoms with Crippen molar-refractivity contribution in [3.63, 3.8) is 0 Å². The Morgan fingerprint density at radius 2 is 1.70 bits per heavy atom. The number of hydrogen-bond donors (Lipinski definition) is 0. The van der Waals surface area contributed by atoms with Crippen molar-refractivity contribution in [2.45, 2.75) is 31.7 Å². The first-order chi connectivity index (χ1) is 21.1. The van der Waals surface area contributed by atoms with Crippen LogP contribution in [0.1, 0.15) is 31.4 Å². The summed E-state index contributed by atoms with van der Waals surface area (Å²) in [6, 6.07) is 22.4. The number of benzene rings is 3. The number of carbonyl (C=O) groups is 1. The topological polar surface area (TPSA) is 75.5 Å². The van der Waals surface area contributed by atoms with Crippen molar-refractivity contribution in [2.24, 2.45) is 11.8 Å². The van der Waals surface area contributed by atoms with Gasteiger partial charge < -0.3 is 0 Å². The maximum Gasteiger partial charge on any atom is 0.266 e. The molecule has 2 fully saturated rings. The van der Waals surface area contributed by atoms with Crippen LogP contribution in [0.5, 0.6) is 0 Å². The van der Waals surface area contributed by atoms with Crippen molar-refractivity contribution in [2.75, 3.05) is 13.1 Å². The molecule has 2 atom stereocenters. The van der Waals surface area contributed by atoms with E-state index in [0.29, 0.717) is 39.1 Å². The molecule has 2 aliphatic rings. The number of halogens is 1. The number of aromatic nitrogens is 2. The molecule has 6 rings (SSSR count). The van der Waals surface area contributed by atoms with Crippen molar-refractivity contribution < 1.29 is 17.6 Å². The summed E-state index contributed by atoms with van der Waals surface area (Å²) < 4.78 is 44.6. The van der Waals surface area contributed by atoms with E-state index in [1.807, 2.05) is 42.6 Å². The summed E-state index contributed by atoms with van der Waals surface area (Å²) in [4.78, 5) is 15.6. The average molecular weight is 647 g/mol. The lowest BCUT2D eigenvalue weighted by Crippen LogP contribution is -2.42. The van der Waals surface area contributed by atoms with Crippen LogP contribution in [-0.4, -0.2) is 50.7 Å². The highest BCUT2D eigenvalue weighted by Crippen LogP contribution is 2.36. The lowest BCUT2D eigenvalue weighted by atomic mass is 9.94. The predicted octanol–water partition coefficient (Wildman–Crippen LogP) is 6.75. The van der Waals surface area contributed by atoms with Crippen LogP contribution in [0.2, 0.25) is 0 Å². The number of piperidine rings is 1. The summed E-state index contributed by atoms with van der Waals surface area (Å²) in [5.74, 6) is -0.0374. The van der Waals surface area contributed by atoms with Crippen molar-refractivity contribution in [3.8, 4) is 16.9 Å². The molecule has 0 bridgehead atoms. The van der Waals surface area contributed by atoms with E-state index in [1.165, 1.54) is 28.8 Å². The maximum atomic E-state index is 13.7. The van der Waals surface area contributed by atoms with Crippen LogP contribution in [0.4, 0.5) is 4.39 Å². The minimum atomic E-state index is -3.72. The normalized spacial score (nSPS) is 20.5. The molecule has 0 spiro atoms. The second kappa shape index (κ2) is 12.4. The van der Waals surface area contributed by atoms with Gasteiger partial charge in [0.25, 0.3) is 5.91 Å². The van der Waals surface area contributed by atoms with Gasteiger partial charge >= 0.3 is 0 Å². The Bertz CT molecular complexity index is 1850. The lowest BCUT2D eigenvalue weighted by molar-refractivity contribution is -0.122. The fourth-order valence-corrected chi connectivity index (χ4v) is 8.71. The average Bonchev–Trinajstić information content (AvgIpc) is 3.54. The highest BCUT2D eigenvalue weighted by atomic mass is 32.2. The number of amides is 1. The number of thioether (sulfide) groups is 1. The number of carbonyl (C=O) groups excluding carboxylic acids is 1. The molecule has 11 heteroatoms. The molecule has 2 saturated heterocycles. The molecular formula is C33H31FN4O3S3. The summed E-state index contributed by atoms with van der Waals surface area (Å²) in [7, 11) is -3.72. The second-order valence-corrected chi connectivity index (χ2v) is 15.0. The number of para-hydroxylation sites is 1. The van der Waals surface area contributed by atoms with Gasteiger partial charge in [-0.25, -0.2) is 17.5 Å². The molecule has 1 amide bonds. The van der Waals surface area contributed by atoms with E-state index in [1.54, 1.807) is 45.4 Å². The Kier molecular flexibility index (Phi) is 8.56. The summed E-state index contributed by atoms with van der Waals surface area (Å²) >= 11 is 6.73. The molecule has 0 aliphatic carbocycles. The molecule has 0 N–H and O–H groups in total. The van der Waals surface area contributed by atoms with Gasteiger partial charge in [-0.05, 0) is 66.3 Å². The first-order valence-electron chi connectivity index (χ1n) is 14.3. The minimum Gasteiger partial charge on any atom is -0.288 e. The van der Waals surface area contributed by atoms with Crippen molar-refractivity contribution >= 4 is 50.3 Å². The second-order valence-electron chi connectivity index (χ2n) is 11.4. The molecule has 2 aliphatic heterocycles. The van der Waals surface area contributed by atoms with Gasteiger partial charge in [-0.15, -0.1) is 0 Å². The summed E-state index contributed by atoms with van der Waals surface area (Å²) in [5.41, 5.74) is 3.38. The molecule has 3 heterocycles. The van der Waals surface area contributed by atoms with Gasteiger partial charge in [0.2, 0.25) is 10.0 Å². The summed E-state index contributed by atoms with van der Waals surface area (Å²) in [6.07, 6.45) is 4.58. The maximum absolute atomic E-state index is 13.7. The molecule has 2 unspecified atom stereocenters. The standard InChI is InChI=1S/C33H31FN4O3S3/c1-22-15-23(2)19-36(18-22)44(40,41)29-10-6-7-25(16-29)31-26(21-38(35-31)28-8-4-3-5-9-28)17-30-32(39)37(33(42)43-30)20-24-11-13-27(34)14-12-24/h3-14,16-17,21-23H,15,18-20H2,1-2H3/b30-17-. The summed E-state index contributed by atoms with van der Waals surface area (Å²) in [5, 5.41) is 4.85. The van der Waals surface area contributed by atoms with E-state index in [9.17, 15) is 17.6 Å². The number of rotatable bonds is 7. The lowest BCUT2D eigenvalue weighted by Gasteiger charge is -2.34. The minimum absolute atomic E-state index is 0.210. The molecular weight excluding hydrogens is 616 g/mol. The molecule has 0 saturated carbocycles. The molecule has 1 aromatic heterocycles. The van der Waals surface area contributed by atoms with E-state index in [0.717, 1.165) is 17.7 Å². The zero-order chi connectivity index (χ0) is 31.0. The van der Waals surface area contributed by atoms with E-state index in [-0.39, 0.29) is 35.0 Å². The Balaban J connectivity index is 1.37. The van der Waals surface area contributed by atoms with Crippen LogP contribution < -0.4 is 0 Å².